The van der Waals surface area contributed by atoms with E-state index in [1.54, 1.807) is 30.2 Å². The minimum absolute atomic E-state index is 0.380. The highest BCUT2D eigenvalue weighted by Gasteiger charge is 2.25. The maximum absolute atomic E-state index is 12.3. The molecule has 0 aromatic heterocycles. The van der Waals surface area contributed by atoms with Gasteiger partial charge in [0, 0.05) is 29.6 Å². The Kier molecular flexibility index (Phi) is 9.16. The predicted octanol–water partition coefficient (Wildman–Crippen LogP) is 5.78. The molecule has 0 radical (unpaired) electrons. The highest BCUT2D eigenvalue weighted by atomic mass is 16.5. The smallest absolute Gasteiger partial charge is 0.413 e. The van der Waals surface area contributed by atoms with Gasteiger partial charge in [0.05, 0.1) is 20.8 Å². The third kappa shape index (κ3) is 6.20. The van der Waals surface area contributed by atoms with E-state index >= 15 is 0 Å². The molecule has 1 heterocycles. The van der Waals surface area contributed by atoms with Crippen LogP contribution in [-0.4, -0.2) is 56.4 Å². The molecule has 34 heavy (non-hydrogen) atoms. The summed E-state index contributed by atoms with van der Waals surface area (Å²) in [5, 5.41) is 2.14. The third-order valence-corrected chi connectivity index (χ3v) is 6.22. The number of carbonyl (C=O) groups excluding carboxylic acids is 1. The highest BCUT2D eigenvalue weighted by molar-refractivity contribution is 5.93. The summed E-state index contributed by atoms with van der Waals surface area (Å²) in [6, 6.07) is 10.4. The molecule has 0 N–H and O–H groups in total. The highest BCUT2D eigenvalue weighted by Crippen LogP contribution is 2.34. The van der Waals surface area contributed by atoms with Crippen LogP contribution >= 0.6 is 0 Å². The van der Waals surface area contributed by atoms with E-state index in [1.807, 2.05) is 19.1 Å². The number of likely N-dealkylation sites (tertiary alicyclic amines) is 1. The second-order valence-electron chi connectivity index (χ2n) is 8.47. The van der Waals surface area contributed by atoms with Gasteiger partial charge in [-0.2, -0.15) is 0 Å². The van der Waals surface area contributed by atoms with Gasteiger partial charge >= 0.3 is 6.09 Å². The van der Waals surface area contributed by atoms with Gasteiger partial charge in [-0.05, 0) is 68.6 Å². The van der Waals surface area contributed by atoms with Gasteiger partial charge in [0.2, 0.25) is 0 Å². The minimum Gasteiger partial charge on any atom is -0.496 e. The fraction of sp³-hybridized carbons (Fsp3) is 0.393. The fourth-order valence-corrected chi connectivity index (χ4v) is 4.46. The van der Waals surface area contributed by atoms with Crippen LogP contribution in [0, 0.1) is 5.92 Å². The first kappa shape index (κ1) is 25.4. The molecule has 0 aliphatic carbocycles. The molecular weight excluding hydrogens is 428 g/mol. The molecule has 0 spiro atoms. The molecule has 2 aromatic rings. The summed E-state index contributed by atoms with van der Waals surface area (Å²) in [5.41, 5.74) is 1.82. The Balaban J connectivity index is 1.67. The average Bonchev–Trinajstić information content (AvgIpc) is 2.86. The van der Waals surface area contributed by atoms with Gasteiger partial charge in [0.25, 0.3) is 0 Å². The van der Waals surface area contributed by atoms with Crippen LogP contribution < -0.4 is 9.47 Å². The number of fused-ring (bicyclic) bond motifs is 1. The molecule has 1 saturated heterocycles. The van der Waals surface area contributed by atoms with E-state index in [-0.39, 0.29) is 6.09 Å². The van der Waals surface area contributed by atoms with E-state index in [2.05, 4.69) is 36.3 Å². The monoisotopic (exact) mass is 464 g/mol. The van der Waals surface area contributed by atoms with Crippen LogP contribution in [0.2, 0.25) is 0 Å². The van der Waals surface area contributed by atoms with Crippen LogP contribution in [0.15, 0.2) is 67.4 Å². The van der Waals surface area contributed by atoms with Gasteiger partial charge < -0.3 is 14.2 Å². The van der Waals surface area contributed by atoms with E-state index in [0.29, 0.717) is 24.8 Å². The van der Waals surface area contributed by atoms with Crippen molar-refractivity contribution < 1.29 is 19.0 Å². The lowest BCUT2D eigenvalue weighted by Crippen LogP contribution is -2.40. The van der Waals surface area contributed by atoms with Crippen molar-refractivity contribution in [2.45, 2.75) is 26.3 Å². The normalized spacial score (nSPS) is 14.8. The van der Waals surface area contributed by atoms with Gasteiger partial charge in [-0.25, -0.2) is 4.79 Å². The molecule has 6 nitrogen and oxygen atoms in total. The zero-order valence-electron chi connectivity index (χ0n) is 20.6. The molecule has 3 rings (SSSR count). The summed E-state index contributed by atoms with van der Waals surface area (Å²) < 4.78 is 16.5. The lowest BCUT2D eigenvalue weighted by molar-refractivity contribution is 0.116. The summed E-state index contributed by atoms with van der Waals surface area (Å²) in [7, 11) is 3.10. The number of piperidine rings is 1. The maximum atomic E-state index is 12.3. The number of allylic oxidation sites excluding steroid dienone is 3. The first-order chi connectivity index (χ1) is 16.5. The van der Waals surface area contributed by atoms with Gasteiger partial charge in [0.1, 0.15) is 11.5 Å². The van der Waals surface area contributed by atoms with Crippen molar-refractivity contribution in [1.82, 2.24) is 9.80 Å². The Morgan fingerprint density at radius 2 is 1.94 bits per heavy atom. The molecule has 0 bridgehead atoms. The quantitative estimate of drug-likeness (QED) is 0.417. The van der Waals surface area contributed by atoms with Gasteiger partial charge in [-0.3, -0.25) is 9.80 Å². The standard InChI is InChI=1S/C28H36N2O4/c1-6-8-10-21(3)30(28(31)33-5)20-22-13-15-29(16-14-22)19-23-17-25-24(27(18-23)34-7-2)11-9-12-26(25)32-4/h6,8-12,17-18,22H,1,3,7,13-16,19-20H2,2,4-5H3/b10-8-. The SMILES string of the molecule is C=C/C=C\C(=C)N(CC1CCN(Cc2cc(OCC)c3cccc(OC)c3c2)CC1)C(=O)OC. The van der Waals surface area contributed by atoms with Crippen LogP contribution in [-0.2, 0) is 11.3 Å². The summed E-state index contributed by atoms with van der Waals surface area (Å²) >= 11 is 0. The van der Waals surface area contributed by atoms with E-state index in [4.69, 9.17) is 14.2 Å². The van der Waals surface area contributed by atoms with Crippen LogP contribution in [0.1, 0.15) is 25.3 Å². The van der Waals surface area contributed by atoms with Crippen molar-refractivity contribution >= 4 is 16.9 Å². The van der Waals surface area contributed by atoms with E-state index < -0.39 is 0 Å². The first-order valence-corrected chi connectivity index (χ1v) is 11.8. The number of benzene rings is 2. The molecule has 1 fully saturated rings. The number of hydrogen-bond acceptors (Lipinski definition) is 5. The van der Waals surface area contributed by atoms with Crippen molar-refractivity contribution in [3.63, 3.8) is 0 Å². The number of amides is 1. The number of carbonyl (C=O) groups is 1. The molecule has 0 unspecified atom stereocenters. The number of rotatable bonds is 10. The van der Waals surface area contributed by atoms with E-state index in [0.717, 1.165) is 54.7 Å². The summed E-state index contributed by atoms with van der Waals surface area (Å²) in [6.07, 6.45) is 6.84. The van der Waals surface area contributed by atoms with Gasteiger partial charge in [0.15, 0.2) is 0 Å². The number of ether oxygens (including phenoxy) is 3. The summed E-state index contributed by atoms with van der Waals surface area (Å²) in [6.45, 7) is 13.7. The Morgan fingerprint density at radius 1 is 1.18 bits per heavy atom. The maximum Gasteiger partial charge on any atom is 0.413 e. The molecule has 1 aliphatic rings. The lowest BCUT2D eigenvalue weighted by Gasteiger charge is -2.34. The minimum atomic E-state index is -0.380. The molecule has 6 heteroatoms. The molecule has 182 valence electrons. The zero-order chi connectivity index (χ0) is 24.5. The van der Waals surface area contributed by atoms with Gasteiger partial charge in [-0.1, -0.05) is 37.4 Å². The van der Waals surface area contributed by atoms with Gasteiger partial charge in [-0.15, -0.1) is 0 Å². The zero-order valence-corrected chi connectivity index (χ0v) is 20.6. The van der Waals surface area contributed by atoms with E-state index in [1.165, 1.54) is 12.7 Å². The first-order valence-electron chi connectivity index (χ1n) is 11.8. The third-order valence-electron chi connectivity index (χ3n) is 6.22. The number of hydrogen-bond donors (Lipinski definition) is 0. The second-order valence-corrected chi connectivity index (χ2v) is 8.47. The Labute approximate surface area is 203 Å². The summed E-state index contributed by atoms with van der Waals surface area (Å²) in [4.78, 5) is 16.4. The molecule has 0 atom stereocenters. The Morgan fingerprint density at radius 3 is 2.59 bits per heavy atom. The lowest BCUT2D eigenvalue weighted by atomic mass is 9.95. The van der Waals surface area contributed by atoms with Crippen LogP contribution in [0.5, 0.6) is 11.5 Å². The topological polar surface area (TPSA) is 51.2 Å². The fourth-order valence-electron chi connectivity index (χ4n) is 4.46. The van der Waals surface area contributed by atoms with Crippen LogP contribution in [0.3, 0.4) is 0 Å². The largest absolute Gasteiger partial charge is 0.496 e. The van der Waals surface area contributed by atoms with Crippen molar-refractivity contribution in [2.75, 3.05) is 40.5 Å². The molecule has 1 amide bonds. The Bertz CT molecular complexity index is 1040. The van der Waals surface area contributed by atoms with E-state index in [9.17, 15) is 4.79 Å². The summed E-state index contributed by atoms with van der Waals surface area (Å²) in [5.74, 6) is 2.14. The molecule has 1 aliphatic heterocycles. The van der Waals surface area contributed by atoms with Crippen molar-refractivity contribution in [3.05, 3.63) is 73.0 Å². The predicted molar refractivity (Wildman–Crippen MR) is 137 cm³/mol. The molecule has 0 saturated carbocycles. The van der Waals surface area contributed by atoms with Crippen molar-refractivity contribution in [3.8, 4) is 11.5 Å². The van der Waals surface area contributed by atoms with Crippen LogP contribution in [0.25, 0.3) is 10.8 Å². The number of methoxy groups -OCH3 is 2. The van der Waals surface area contributed by atoms with Crippen molar-refractivity contribution in [2.24, 2.45) is 5.92 Å². The number of nitrogens with zero attached hydrogens (tertiary/aromatic N) is 2. The second kappa shape index (κ2) is 12.3. The molecule has 2 aromatic carbocycles. The molecular formula is C28H36N2O4. The average molecular weight is 465 g/mol. The Hall–Kier alpha value is -3.25. The van der Waals surface area contributed by atoms with Crippen LogP contribution in [0.4, 0.5) is 4.79 Å². The van der Waals surface area contributed by atoms with Crippen molar-refractivity contribution in [1.29, 1.82) is 0 Å².